The number of carbonyl (C=O) groups excluding carboxylic acids is 1. The lowest BCUT2D eigenvalue weighted by molar-refractivity contribution is -0.125. The number of hydrogen-bond donors (Lipinski definition) is 1. The molecule has 1 amide bonds. The van der Waals surface area contributed by atoms with Gasteiger partial charge >= 0.3 is 0 Å². The van der Waals surface area contributed by atoms with E-state index in [1.165, 1.54) is 34.6 Å². The standard InChI is InChI=1S/C20H21ClFN3O4S/c1-3-25(4-2)30(27,28)15-8-9-16(21)18(11-15)23-20(26)19-12-17(24-29-19)13-6-5-7-14(22)10-13/h5-11,19H,3-4,12H2,1-2H3,(H,23,26). The Kier molecular flexibility index (Phi) is 6.74. The molecule has 0 fully saturated rings. The van der Waals surface area contributed by atoms with E-state index >= 15 is 0 Å². The number of anilines is 1. The molecule has 0 radical (unpaired) electrons. The molecule has 2 aromatic carbocycles. The second kappa shape index (κ2) is 9.11. The summed E-state index contributed by atoms with van der Waals surface area (Å²) in [4.78, 5) is 17.8. The summed E-state index contributed by atoms with van der Waals surface area (Å²) in [5.74, 6) is -0.953. The molecule has 160 valence electrons. The van der Waals surface area contributed by atoms with Gasteiger partial charge in [0.25, 0.3) is 5.91 Å². The molecule has 30 heavy (non-hydrogen) atoms. The Morgan fingerprint density at radius 2 is 2.00 bits per heavy atom. The van der Waals surface area contributed by atoms with E-state index in [-0.39, 0.29) is 22.0 Å². The fraction of sp³-hybridized carbons (Fsp3) is 0.300. The molecule has 3 rings (SSSR count). The van der Waals surface area contributed by atoms with E-state index in [1.807, 2.05) is 0 Å². The van der Waals surface area contributed by atoms with Crippen LogP contribution in [-0.2, 0) is 19.7 Å². The normalized spacial score (nSPS) is 16.3. The minimum atomic E-state index is -3.71. The van der Waals surface area contributed by atoms with Gasteiger partial charge in [-0.25, -0.2) is 12.8 Å². The summed E-state index contributed by atoms with van der Waals surface area (Å²) in [5.41, 5.74) is 1.12. The number of rotatable bonds is 7. The summed E-state index contributed by atoms with van der Waals surface area (Å²) >= 11 is 6.15. The van der Waals surface area contributed by atoms with Gasteiger partial charge in [-0.05, 0) is 30.3 Å². The predicted molar refractivity (Wildman–Crippen MR) is 113 cm³/mol. The molecule has 0 aliphatic carbocycles. The smallest absolute Gasteiger partial charge is 0.268 e. The molecular formula is C20H21ClFN3O4S. The number of amides is 1. The number of hydrogen-bond acceptors (Lipinski definition) is 5. The van der Waals surface area contributed by atoms with Crippen molar-refractivity contribution in [1.29, 1.82) is 0 Å². The van der Waals surface area contributed by atoms with Gasteiger partial charge < -0.3 is 10.2 Å². The van der Waals surface area contributed by atoms with E-state index < -0.39 is 27.9 Å². The molecule has 1 N–H and O–H groups in total. The van der Waals surface area contributed by atoms with Crippen molar-refractivity contribution in [1.82, 2.24) is 4.31 Å². The van der Waals surface area contributed by atoms with E-state index in [1.54, 1.807) is 26.0 Å². The number of oxime groups is 1. The fourth-order valence-corrected chi connectivity index (χ4v) is 4.69. The third-order valence-electron chi connectivity index (χ3n) is 4.66. The van der Waals surface area contributed by atoms with Crippen molar-refractivity contribution in [2.75, 3.05) is 18.4 Å². The van der Waals surface area contributed by atoms with Gasteiger partial charge in [0.1, 0.15) is 5.82 Å². The quantitative estimate of drug-likeness (QED) is 0.693. The summed E-state index contributed by atoms with van der Waals surface area (Å²) in [6.45, 7) is 4.12. The first-order valence-corrected chi connectivity index (χ1v) is 11.2. The van der Waals surface area contributed by atoms with Gasteiger partial charge in [-0.2, -0.15) is 4.31 Å². The number of halogens is 2. The lowest BCUT2D eigenvalue weighted by Crippen LogP contribution is -2.31. The molecule has 1 aliphatic heterocycles. The first-order valence-electron chi connectivity index (χ1n) is 9.35. The zero-order chi connectivity index (χ0) is 21.9. The number of carbonyl (C=O) groups is 1. The van der Waals surface area contributed by atoms with E-state index in [0.717, 1.165) is 0 Å². The molecule has 0 bridgehead atoms. The lowest BCUT2D eigenvalue weighted by Gasteiger charge is -2.19. The maximum Gasteiger partial charge on any atom is 0.268 e. The molecule has 10 heteroatoms. The van der Waals surface area contributed by atoms with E-state index in [9.17, 15) is 17.6 Å². The fourth-order valence-electron chi connectivity index (χ4n) is 3.04. The van der Waals surface area contributed by atoms with Gasteiger partial charge in [0.05, 0.1) is 21.3 Å². The van der Waals surface area contributed by atoms with Crippen LogP contribution >= 0.6 is 11.6 Å². The Hall–Kier alpha value is -2.49. The van der Waals surface area contributed by atoms with Crippen LogP contribution < -0.4 is 5.32 Å². The van der Waals surface area contributed by atoms with Crippen molar-refractivity contribution in [3.63, 3.8) is 0 Å². The minimum absolute atomic E-state index is 0.0231. The summed E-state index contributed by atoms with van der Waals surface area (Å²) < 4.78 is 40.2. The highest BCUT2D eigenvalue weighted by atomic mass is 35.5. The maximum absolute atomic E-state index is 13.4. The minimum Gasteiger partial charge on any atom is -0.382 e. The summed E-state index contributed by atoms with van der Waals surface area (Å²) in [6.07, 6.45) is -0.799. The average molecular weight is 454 g/mol. The van der Waals surface area contributed by atoms with Crippen LogP contribution in [0.2, 0.25) is 5.02 Å². The summed E-state index contributed by atoms with van der Waals surface area (Å²) in [7, 11) is -3.71. The number of sulfonamides is 1. The molecular weight excluding hydrogens is 433 g/mol. The largest absolute Gasteiger partial charge is 0.382 e. The van der Waals surface area contributed by atoms with Gasteiger partial charge in [0, 0.05) is 25.1 Å². The topological polar surface area (TPSA) is 88.1 Å². The van der Waals surface area contributed by atoms with Crippen LogP contribution in [0, 0.1) is 5.82 Å². The van der Waals surface area contributed by atoms with Gasteiger partial charge in [0.2, 0.25) is 16.1 Å². The van der Waals surface area contributed by atoms with Crippen LogP contribution in [-0.4, -0.2) is 43.5 Å². The number of benzene rings is 2. The van der Waals surface area contributed by atoms with Crippen molar-refractivity contribution < 1.29 is 22.4 Å². The van der Waals surface area contributed by atoms with Crippen molar-refractivity contribution in [2.24, 2.45) is 5.16 Å². The van der Waals surface area contributed by atoms with Gasteiger partial charge in [-0.15, -0.1) is 0 Å². The molecule has 0 spiro atoms. The molecule has 1 aliphatic rings. The second-order valence-corrected chi connectivity index (χ2v) is 8.91. The Morgan fingerprint density at radius 1 is 1.27 bits per heavy atom. The third-order valence-corrected chi connectivity index (χ3v) is 7.03. The molecule has 1 atom stereocenters. The Labute approximate surface area is 179 Å². The van der Waals surface area contributed by atoms with Crippen molar-refractivity contribution in [3.8, 4) is 0 Å². The Morgan fingerprint density at radius 3 is 2.67 bits per heavy atom. The highest BCUT2D eigenvalue weighted by Crippen LogP contribution is 2.28. The third kappa shape index (κ3) is 4.63. The second-order valence-electron chi connectivity index (χ2n) is 6.57. The predicted octanol–water partition coefficient (Wildman–Crippen LogP) is 3.64. The van der Waals surface area contributed by atoms with Crippen LogP contribution in [0.4, 0.5) is 10.1 Å². The van der Waals surface area contributed by atoms with E-state index in [2.05, 4.69) is 10.5 Å². The number of nitrogens with one attached hydrogen (secondary N) is 1. The van der Waals surface area contributed by atoms with Crippen LogP contribution in [0.1, 0.15) is 25.8 Å². The monoisotopic (exact) mass is 453 g/mol. The molecule has 2 aromatic rings. The van der Waals surface area contributed by atoms with Gasteiger partial charge in [-0.1, -0.05) is 42.7 Å². The first-order chi connectivity index (χ1) is 14.3. The van der Waals surface area contributed by atoms with Crippen molar-refractivity contribution in [2.45, 2.75) is 31.3 Å². The van der Waals surface area contributed by atoms with E-state index in [4.69, 9.17) is 16.4 Å². The maximum atomic E-state index is 13.4. The molecule has 1 heterocycles. The zero-order valence-corrected chi connectivity index (χ0v) is 18.0. The molecule has 0 saturated carbocycles. The SMILES string of the molecule is CCN(CC)S(=O)(=O)c1ccc(Cl)c(NC(=O)C2CC(c3cccc(F)c3)=NO2)c1. The number of nitrogens with zero attached hydrogens (tertiary/aromatic N) is 2. The molecule has 7 nitrogen and oxygen atoms in total. The lowest BCUT2D eigenvalue weighted by atomic mass is 10.0. The van der Waals surface area contributed by atoms with Crippen LogP contribution in [0.15, 0.2) is 52.5 Å². The highest BCUT2D eigenvalue weighted by molar-refractivity contribution is 7.89. The first kappa shape index (κ1) is 22.2. The van der Waals surface area contributed by atoms with Gasteiger partial charge in [0.15, 0.2) is 0 Å². The molecule has 0 aromatic heterocycles. The molecule has 0 saturated heterocycles. The Balaban J connectivity index is 1.75. The summed E-state index contributed by atoms with van der Waals surface area (Å²) in [6, 6.07) is 9.95. The summed E-state index contributed by atoms with van der Waals surface area (Å²) in [5, 5.41) is 6.65. The van der Waals surface area contributed by atoms with Crippen molar-refractivity contribution >= 4 is 38.9 Å². The Bertz CT molecular complexity index is 1090. The zero-order valence-electron chi connectivity index (χ0n) is 16.4. The molecule has 1 unspecified atom stereocenters. The van der Waals surface area contributed by atoms with Crippen LogP contribution in [0.25, 0.3) is 0 Å². The van der Waals surface area contributed by atoms with Crippen molar-refractivity contribution in [3.05, 3.63) is 58.9 Å². The highest BCUT2D eigenvalue weighted by Gasteiger charge is 2.30. The van der Waals surface area contributed by atoms with Crippen LogP contribution in [0.5, 0.6) is 0 Å². The average Bonchev–Trinajstić information content (AvgIpc) is 3.20. The van der Waals surface area contributed by atoms with Gasteiger partial charge in [-0.3, -0.25) is 4.79 Å². The van der Waals surface area contributed by atoms with Crippen LogP contribution in [0.3, 0.4) is 0 Å². The van der Waals surface area contributed by atoms with E-state index in [0.29, 0.717) is 24.4 Å².